The molecule has 6 nitrogen and oxygen atoms in total. The number of nitrogens with zero attached hydrogens (tertiary/aromatic N) is 5. The van der Waals surface area contributed by atoms with E-state index < -0.39 is 0 Å². The van der Waals surface area contributed by atoms with E-state index in [9.17, 15) is 5.21 Å². The maximum absolute atomic E-state index is 11.4. The zero-order chi connectivity index (χ0) is 10.1. The summed E-state index contributed by atoms with van der Waals surface area (Å²) in [5.41, 5.74) is 0.376. The quantitative estimate of drug-likeness (QED) is 0.542. The fourth-order valence-electron chi connectivity index (χ4n) is 1.02. The van der Waals surface area contributed by atoms with Gasteiger partial charge in [-0.1, -0.05) is 0 Å². The van der Waals surface area contributed by atoms with E-state index in [0.717, 1.165) is 0 Å². The fraction of sp³-hybridized carbons (Fsp3) is 0.143. The smallest absolute Gasteiger partial charge is 0.269 e. The Morgan fingerprint density at radius 3 is 2.86 bits per heavy atom. The molecule has 0 spiro atoms. The van der Waals surface area contributed by atoms with Crippen LogP contribution in [0.1, 0.15) is 0 Å². The zero-order valence-corrected chi connectivity index (χ0v) is 8.84. The van der Waals surface area contributed by atoms with Crippen LogP contribution in [0, 0.1) is 5.21 Å². The lowest BCUT2D eigenvalue weighted by Crippen LogP contribution is -2.28. The second-order valence-corrected chi connectivity index (χ2v) is 3.58. The van der Waals surface area contributed by atoms with Crippen molar-refractivity contribution >= 4 is 15.9 Å². The first-order valence-corrected chi connectivity index (χ1v) is 4.59. The maximum atomic E-state index is 11.4. The Hall–Kier alpha value is -1.50. The van der Waals surface area contributed by atoms with Gasteiger partial charge in [0.25, 0.3) is 11.5 Å². The second-order valence-electron chi connectivity index (χ2n) is 2.66. The second kappa shape index (κ2) is 3.33. The van der Waals surface area contributed by atoms with Crippen LogP contribution in [0.3, 0.4) is 0 Å². The lowest BCUT2D eigenvalue weighted by molar-refractivity contribution is -0.594. The van der Waals surface area contributed by atoms with E-state index in [4.69, 9.17) is 0 Å². The van der Waals surface area contributed by atoms with E-state index >= 15 is 0 Å². The third-order valence-corrected chi connectivity index (χ3v) is 2.08. The van der Waals surface area contributed by atoms with Crippen LogP contribution in [-0.4, -0.2) is 20.2 Å². The van der Waals surface area contributed by atoms with Gasteiger partial charge in [0.05, 0.1) is 11.5 Å². The van der Waals surface area contributed by atoms with Gasteiger partial charge in [-0.25, -0.2) is 0 Å². The van der Waals surface area contributed by atoms with Crippen LogP contribution in [-0.2, 0) is 7.05 Å². The third kappa shape index (κ3) is 1.58. The molecule has 0 atom stereocenters. The largest absolute Gasteiger partial charge is 0.618 e. The summed E-state index contributed by atoms with van der Waals surface area (Å²) in [7, 11) is 1.64. The Bertz CT molecular complexity index is 469. The third-order valence-electron chi connectivity index (χ3n) is 1.62. The number of halogens is 1. The van der Waals surface area contributed by atoms with E-state index in [-0.39, 0.29) is 0 Å². The van der Waals surface area contributed by atoms with Crippen molar-refractivity contribution in [3.8, 4) is 11.5 Å². The predicted molar refractivity (Wildman–Crippen MR) is 50.9 cm³/mol. The highest BCUT2D eigenvalue weighted by Gasteiger charge is 2.13. The molecule has 0 saturated carbocycles. The molecule has 0 fully saturated rings. The van der Waals surface area contributed by atoms with Crippen LogP contribution in [0.2, 0.25) is 0 Å². The van der Waals surface area contributed by atoms with Gasteiger partial charge in [-0.3, -0.25) is 0 Å². The first-order valence-electron chi connectivity index (χ1n) is 3.80. The molecular formula is C7H6BrN5O. The molecule has 2 aromatic heterocycles. The summed E-state index contributed by atoms with van der Waals surface area (Å²) in [5, 5.41) is 22.7. The van der Waals surface area contributed by atoms with Gasteiger partial charge in [0.15, 0.2) is 6.20 Å². The number of tetrazole rings is 1. The van der Waals surface area contributed by atoms with Crippen molar-refractivity contribution in [3.63, 3.8) is 0 Å². The summed E-state index contributed by atoms with van der Waals surface area (Å²) in [6.45, 7) is 0. The summed E-state index contributed by atoms with van der Waals surface area (Å²) < 4.78 is 1.40. The summed E-state index contributed by atoms with van der Waals surface area (Å²) in [6.07, 6.45) is 1.39. The highest BCUT2D eigenvalue weighted by molar-refractivity contribution is 9.10. The molecule has 0 amide bonds. The highest BCUT2D eigenvalue weighted by Crippen LogP contribution is 2.11. The molecule has 0 aliphatic heterocycles. The minimum Gasteiger partial charge on any atom is -0.618 e. The Kier molecular flexibility index (Phi) is 2.16. The van der Waals surface area contributed by atoms with E-state index in [2.05, 4.69) is 31.3 Å². The minimum absolute atomic E-state index is 0.315. The van der Waals surface area contributed by atoms with Crippen LogP contribution in [0.25, 0.3) is 11.5 Å². The van der Waals surface area contributed by atoms with Crippen LogP contribution in [0.15, 0.2) is 22.8 Å². The van der Waals surface area contributed by atoms with E-state index in [1.54, 1.807) is 19.2 Å². The summed E-state index contributed by atoms with van der Waals surface area (Å²) in [6, 6.07) is 3.38. The first-order chi connectivity index (χ1) is 6.66. The number of hydrogen-bond donors (Lipinski definition) is 0. The number of pyridine rings is 1. The van der Waals surface area contributed by atoms with Gasteiger partial charge < -0.3 is 5.21 Å². The molecule has 0 N–H and O–H groups in total. The van der Waals surface area contributed by atoms with E-state index in [1.165, 1.54) is 11.0 Å². The molecule has 0 saturated heterocycles. The van der Waals surface area contributed by atoms with Crippen molar-refractivity contribution < 1.29 is 4.73 Å². The van der Waals surface area contributed by atoms with Gasteiger partial charge in [-0.05, 0) is 27.2 Å². The van der Waals surface area contributed by atoms with Gasteiger partial charge in [0, 0.05) is 6.07 Å². The monoisotopic (exact) mass is 255 g/mol. The molecular weight excluding hydrogens is 250 g/mol. The van der Waals surface area contributed by atoms with Crippen molar-refractivity contribution in [1.29, 1.82) is 0 Å². The Balaban J connectivity index is 2.52. The normalized spacial score (nSPS) is 10.4. The SMILES string of the molecule is Cn1nnc(-c2ccc(Br)c[n+]2[O-])n1. The predicted octanol–water partition coefficient (Wildman–Crippen LogP) is 0.273. The van der Waals surface area contributed by atoms with Crippen molar-refractivity contribution in [2.45, 2.75) is 0 Å². The molecule has 2 aromatic rings. The summed E-state index contributed by atoms with van der Waals surface area (Å²) in [5.74, 6) is 0.315. The van der Waals surface area contributed by atoms with E-state index in [0.29, 0.717) is 20.7 Å². The van der Waals surface area contributed by atoms with Gasteiger partial charge >= 0.3 is 0 Å². The van der Waals surface area contributed by atoms with Crippen molar-refractivity contribution in [3.05, 3.63) is 28.0 Å². The lowest BCUT2D eigenvalue weighted by Gasteiger charge is -1.99. The average molecular weight is 256 g/mol. The average Bonchev–Trinajstić information content (AvgIpc) is 2.51. The number of hydrogen-bond acceptors (Lipinski definition) is 4. The number of aromatic nitrogens is 5. The standard InChI is InChI=1S/C7H6BrN5O/c1-12-10-7(9-11-12)6-3-2-5(8)4-13(6)14/h2-4H,1H3. The molecule has 72 valence electrons. The number of rotatable bonds is 1. The molecule has 0 unspecified atom stereocenters. The topological polar surface area (TPSA) is 70.5 Å². The molecule has 0 bridgehead atoms. The molecule has 0 aliphatic rings. The van der Waals surface area contributed by atoms with Gasteiger partial charge in [-0.2, -0.15) is 9.53 Å². The molecule has 14 heavy (non-hydrogen) atoms. The fourth-order valence-corrected chi connectivity index (χ4v) is 1.33. The van der Waals surface area contributed by atoms with Gasteiger partial charge in [-0.15, -0.1) is 10.2 Å². The summed E-state index contributed by atoms with van der Waals surface area (Å²) in [4.78, 5) is 1.30. The van der Waals surface area contributed by atoms with Gasteiger partial charge in [0.2, 0.25) is 0 Å². The van der Waals surface area contributed by atoms with Crippen molar-refractivity contribution in [2.24, 2.45) is 7.05 Å². The molecule has 7 heteroatoms. The molecule has 0 aromatic carbocycles. The van der Waals surface area contributed by atoms with E-state index in [1.807, 2.05) is 0 Å². The van der Waals surface area contributed by atoms with Crippen LogP contribution in [0.5, 0.6) is 0 Å². The maximum Gasteiger partial charge on any atom is 0.269 e. The Morgan fingerprint density at radius 2 is 2.29 bits per heavy atom. The lowest BCUT2D eigenvalue weighted by atomic mass is 10.3. The Morgan fingerprint density at radius 1 is 1.50 bits per heavy atom. The molecule has 0 radical (unpaired) electrons. The minimum atomic E-state index is 0.315. The first kappa shape index (κ1) is 9.07. The number of aryl methyl sites for hydroxylation is 1. The molecule has 2 rings (SSSR count). The molecule has 0 aliphatic carbocycles. The van der Waals surface area contributed by atoms with Crippen molar-refractivity contribution in [2.75, 3.05) is 0 Å². The zero-order valence-electron chi connectivity index (χ0n) is 7.25. The van der Waals surface area contributed by atoms with Crippen molar-refractivity contribution in [1.82, 2.24) is 20.2 Å². The van der Waals surface area contributed by atoms with Gasteiger partial charge in [0.1, 0.15) is 0 Å². The molecule has 2 heterocycles. The highest BCUT2D eigenvalue weighted by atomic mass is 79.9. The van der Waals surface area contributed by atoms with Crippen LogP contribution in [0.4, 0.5) is 0 Å². The van der Waals surface area contributed by atoms with Crippen LogP contribution >= 0.6 is 15.9 Å². The summed E-state index contributed by atoms with van der Waals surface area (Å²) >= 11 is 3.19. The Labute approximate surface area is 87.9 Å². The van der Waals surface area contributed by atoms with Crippen LogP contribution < -0.4 is 4.73 Å².